The van der Waals surface area contributed by atoms with Gasteiger partial charge in [-0.1, -0.05) is 24.3 Å². The summed E-state index contributed by atoms with van der Waals surface area (Å²) in [5, 5.41) is 11.4. The fourth-order valence-corrected chi connectivity index (χ4v) is 4.55. The van der Waals surface area contributed by atoms with Crippen molar-refractivity contribution >= 4 is 38.5 Å². The third kappa shape index (κ3) is 6.80. The highest BCUT2D eigenvalue weighted by Gasteiger charge is 2.18. The predicted octanol–water partition coefficient (Wildman–Crippen LogP) is 3.57. The maximum absolute atomic E-state index is 12.5. The quantitative estimate of drug-likeness (QED) is 0.237. The van der Waals surface area contributed by atoms with Gasteiger partial charge in [-0.3, -0.25) is 10.1 Å². The standard InChI is InChI=1S/C24H24N4O6S2/c1-15-6-5-7-16(2)21(15)34-11-10-33-19-9-8-17(13-20(19)32-3)12-18(14-25)22(29)26-23-27-24(28-35-23)36(4,30)31/h5-9,12-13H,10-11H2,1-4H3,(H,26,27,28,29)/b18-12-. The number of hydrogen-bond donors (Lipinski definition) is 1. The molecule has 1 heterocycles. The lowest BCUT2D eigenvalue weighted by molar-refractivity contribution is -0.112. The molecule has 1 amide bonds. The van der Waals surface area contributed by atoms with Crippen LogP contribution in [0.15, 0.2) is 47.1 Å². The number of para-hydroxylation sites is 1. The van der Waals surface area contributed by atoms with E-state index >= 15 is 0 Å². The monoisotopic (exact) mass is 528 g/mol. The summed E-state index contributed by atoms with van der Waals surface area (Å²) < 4.78 is 43.7. The van der Waals surface area contributed by atoms with Crippen LogP contribution in [0.2, 0.25) is 0 Å². The molecule has 0 aliphatic heterocycles. The molecular weight excluding hydrogens is 504 g/mol. The zero-order chi connectivity index (χ0) is 26.3. The summed E-state index contributed by atoms with van der Waals surface area (Å²) in [5.74, 6) is 0.967. The van der Waals surface area contributed by atoms with Gasteiger partial charge >= 0.3 is 0 Å². The highest BCUT2D eigenvalue weighted by Crippen LogP contribution is 2.29. The second kappa shape index (κ2) is 11.7. The smallest absolute Gasteiger partial charge is 0.268 e. The van der Waals surface area contributed by atoms with E-state index in [-0.39, 0.29) is 17.3 Å². The van der Waals surface area contributed by atoms with E-state index in [0.717, 1.165) is 23.1 Å². The van der Waals surface area contributed by atoms with Crippen LogP contribution in [-0.4, -0.2) is 50.3 Å². The number of nitrogens with zero attached hydrogens (tertiary/aromatic N) is 3. The highest BCUT2D eigenvalue weighted by atomic mass is 32.2. The number of methoxy groups -OCH3 is 1. The molecule has 0 aliphatic rings. The molecule has 0 unspecified atom stereocenters. The Labute approximate surface area is 213 Å². The molecule has 0 bridgehead atoms. The Morgan fingerprint density at radius 2 is 1.83 bits per heavy atom. The van der Waals surface area contributed by atoms with Gasteiger partial charge in [0.05, 0.1) is 7.11 Å². The van der Waals surface area contributed by atoms with Crippen LogP contribution in [0.1, 0.15) is 16.7 Å². The van der Waals surface area contributed by atoms with E-state index in [9.17, 15) is 18.5 Å². The molecule has 0 fully saturated rings. The van der Waals surface area contributed by atoms with E-state index in [1.807, 2.05) is 38.1 Å². The lowest BCUT2D eigenvalue weighted by atomic mass is 10.1. The third-order valence-corrected chi connectivity index (χ3v) is 6.41. The lowest BCUT2D eigenvalue weighted by Gasteiger charge is -2.14. The molecule has 0 saturated heterocycles. The predicted molar refractivity (Wildman–Crippen MR) is 135 cm³/mol. The Bertz CT molecular complexity index is 1420. The van der Waals surface area contributed by atoms with Crippen LogP contribution in [0, 0.1) is 25.2 Å². The number of benzene rings is 2. The number of nitriles is 1. The van der Waals surface area contributed by atoms with E-state index in [2.05, 4.69) is 14.7 Å². The van der Waals surface area contributed by atoms with Gasteiger partial charge < -0.3 is 14.2 Å². The second-order valence-corrected chi connectivity index (χ2v) is 10.3. The summed E-state index contributed by atoms with van der Waals surface area (Å²) in [4.78, 5) is 16.2. The summed E-state index contributed by atoms with van der Waals surface area (Å²) >= 11 is 0.701. The van der Waals surface area contributed by atoms with Crippen LogP contribution in [0.4, 0.5) is 5.13 Å². The molecule has 1 aromatic heterocycles. The number of aromatic nitrogens is 2. The summed E-state index contributed by atoms with van der Waals surface area (Å²) in [5.41, 5.74) is 2.39. The van der Waals surface area contributed by atoms with Crippen molar-refractivity contribution in [1.82, 2.24) is 9.36 Å². The summed E-state index contributed by atoms with van der Waals surface area (Å²) in [7, 11) is -2.13. The third-order valence-electron chi connectivity index (χ3n) is 4.82. The molecule has 12 heteroatoms. The minimum absolute atomic E-state index is 0.0361. The zero-order valence-electron chi connectivity index (χ0n) is 20.1. The van der Waals surface area contributed by atoms with Crippen LogP contribution < -0.4 is 19.5 Å². The van der Waals surface area contributed by atoms with E-state index in [4.69, 9.17) is 14.2 Å². The fraction of sp³-hybridized carbons (Fsp3) is 0.250. The Morgan fingerprint density at radius 1 is 1.14 bits per heavy atom. The van der Waals surface area contributed by atoms with Crippen LogP contribution >= 0.6 is 11.5 Å². The maximum atomic E-state index is 12.5. The highest BCUT2D eigenvalue weighted by molar-refractivity contribution is 7.90. The molecule has 0 radical (unpaired) electrons. The molecule has 0 saturated carbocycles. The van der Waals surface area contributed by atoms with E-state index in [0.29, 0.717) is 35.2 Å². The Balaban J connectivity index is 1.66. The van der Waals surface area contributed by atoms with Gasteiger partial charge in [0.15, 0.2) is 11.5 Å². The minimum atomic E-state index is -3.61. The number of aryl methyl sites for hydroxylation is 2. The Morgan fingerprint density at radius 3 is 2.44 bits per heavy atom. The van der Waals surface area contributed by atoms with Gasteiger partial charge in [-0.2, -0.15) is 14.6 Å². The molecular formula is C24H24N4O6S2. The summed E-state index contributed by atoms with van der Waals surface area (Å²) in [6.45, 7) is 4.58. The molecule has 188 valence electrons. The van der Waals surface area contributed by atoms with Gasteiger partial charge in [0.2, 0.25) is 15.0 Å². The number of sulfone groups is 1. The van der Waals surface area contributed by atoms with Crippen molar-refractivity contribution in [3.05, 3.63) is 58.7 Å². The van der Waals surface area contributed by atoms with Crippen LogP contribution in [0.25, 0.3) is 6.08 Å². The molecule has 1 N–H and O–H groups in total. The number of carbonyl (C=O) groups is 1. The van der Waals surface area contributed by atoms with Gasteiger partial charge in [0, 0.05) is 17.8 Å². The van der Waals surface area contributed by atoms with Crippen LogP contribution in [0.5, 0.6) is 17.2 Å². The number of hydrogen-bond acceptors (Lipinski definition) is 10. The lowest BCUT2D eigenvalue weighted by Crippen LogP contribution is -2.13. The van der Waals surface area contributed by atoms with Gasteiger partial charge in [-0.15, -0.1) is 0 Å². The molecule has 0 spiro atoms. The van der Waals surface area contributed by atoms with Crippen molar-refractivity contribution in [3.63, 3.8) is 0 Å². The topological polar surface area (TPSA) is 140 Å². The molecule has 2 aromatic carbocycles. The number of carbonyl (C=O) groups excluding carboxylic acids is 1. The SMILES string of the molecule is COc1cc(/C=C(/C#N)C(=O)Nc2nc(S(C)(=O)=O)ns2)ccc1OCCOc1c(C)cccc1C. The van der Waals surface area contributed by atoms with E-state index in [1.165, 1.54) is 13.2 Å². The Kier molecular flexibility index (Phi) is 8.63. The normalized spacial score (nSPS) is 11.5. The minimum Gasteiger partial charge on any atom is -0.493 e. The summed E-state index contributed by atoms with van der Waals surface area (Å²) in [6, 6.07) is 12.7. The van der Waals surface area contributed by atoms with Crippen molar-refractivity contribution in [2.45, 2.75) is 19.0 Å². The van der Waals surface area contributed by atoms with E-state index < -0.39 is 20.9 Å². The van der Waals surface area contributed by atoms with Gasteiger partial charge in [-0.05, 0) is 48.7 Å². The van der Waals surface area contributed by atoms with Gasteiger partial charge in [0.1, 0.15) is 30.6 Å². The number of nitrogens with one attached hydrogen (secondary N) is 1. The zero-order valence-corrected chi connectivity index (χ0v) is 21.7. The van der Waals surface area contributed by atoms with Gasteiger partial charge in [0.25, 0.3) is 11.1 Å². The average Bonchev–Trinajstić information content (AvgIpc) is 3.31. The molecule has 3 rings (SSSR count). The second-order valence-electron chi connectivity index (χ2n) is 7.61. The van der Waals surface area contributed by atoms with Crippen molar-refractivity contribution < 1.29 is 27.4 Å². The molecule has 0 aliphatic carbocycles. The first-order chi connectivity index (χ1) is 17.1. The average molecular weight is 529 g/mol. The van der Waals surface area contributed by atoms with Crippen LogP contribution in [-0.2, 0) is 14.6 Å². The number of anilines is 1. The van der Waals surface area contributed by atoms with Crippen molar-refractivity contribution in [1.29, 1.82) is 5.26 Å². The maximum Gasteiger partial charge on any atom is 0.268 e. The van der Waals surface area contributed by atoms with Crippen LogP contribution in [0.3, 0.4) is 0 Å². The van der Waals surface area contributed by atoms with Crippen molar-refractivity contribution in [2.24, 2.45) is 0 Å². The van der Waals surface area contributed by atoms with E-state index in [1.54, 1.807) is 18.2 Å². The number of rotatable bonds is 10. The molecule has 0 atom stereocenters. The fourth-order valence-electron chi connectivity index (χ4n) is 3.11. The molecule has 36 heavy (non-hydrogen) atoms. The first kappa shape index (κ1) is 26.7. The first-order valence-corrected chi connectivity index (χ1v) is 13.3. The van der Waals surface area contributed by atoms with Gasteiger partial charge in [-0.25, -0.2) is 8.42 Å². The summed E-state index contributed by atoms with van der Waals surface area (Å²) in [6.07, 6.45) is 2.32. The molecule has 3 aromatic rings. The van der Waals surface area contributed by atoms with Crippen molar-refractivity contribution in [2.75, 3.05) is 31.9 Å². The van der Waals surface area contributed by atoms with Crippen molar-refractivity contribution in [3.8, 4) is 23.3 Å². The number of ether oxygens (including phenoxy) is 3. The largest absolute Gasteiger partial charge is 0.493 e. The molecule has 10 nitrogen and oxygen atoms in total. The first-order valence-electron chi connectivity index (χ1n) is 10.6. The Hall–Kier alpha value is -3.95. The number of amides is 1.